The summed E-state index contributed by atoms with van der Waals surface area (Å²) in [6.45, 7) is 5.63. The lowest BCUT2D eigenvalue weighted by Crippen LogP contribution is -2.21. The summed E-state index contributed by atoms with van der Waals surface area (Å²) in [5.41, 5.74) is 9.94. The molecule has 1 aromatic heterocycles. The molecule has 3 rings (SSSR count). The van der Waals surface area contributed by atoms with Gasteiger partial charge in [0.15, 0.2) is 0 Å². The Morgan fingerprint density at radius 2 is 1.77 bits per heavy atom. The van der Waals surface area contributed by atoms with E-state index in [-0.39, 0.29) is 33.1 Å². The number of hydrogen-bond donors (Lipinski definition) is 2. The number of aryl methyl sites for hydroxylation is 3. The Bertz CT molecular complexity index is 1200. The fourth-order valence-electron chi connectivity index (χ4n) is 2.93. The van der Waals surface area contributed by atoms with Gasteiger partial charge in [-0.3, -0.25) is 4.79 Å². The number of aromatic nitrogens is 2. The van der Waals surface area contributed by atoms with Crippen molar-refractivity contribution < 1.29 is 13.2 Å². The molecule has 0 saturated heterocycles. The maximum absolute atomic E-state index is 13.2. The number of nitrogens with zero attached hydrogens (tertiary/aromatic N) is 2. The van der Waals surface area contributed by atoms with Crippen LogP contribution in [0.4, 0.5) is 11.5 Å². The van der Waals surface area contributed by atoms with Crippen molar-refractivity contribution in [2.24, 2.45) is 0 Å². The van der Waals surface area contributed by atoms with Crippen molar-refractivity contribution in [1.29, 1.82) is 0 Å². The molecule has 0 aliphatic heterocycles. The van der Waals surface area contributed by atoms with E-state index in [1.807, 2.05) is 39.0 Å². The number of nitrogen functional groups attached to an aromatic ring is 1. The van der Waals surface area contributed by atoms with Crippen molar-refractivity contribution >= 4 is 39.0 Å². The van der Waals surface area contributed by atoms with E-state index >= 15 is 0 Å². The van der Waals surface area contributed by atoms with Crippen molar-refractivity contribution in [1.82, 2.24) is 9.78 Å². The SMILES string of the molecule is CSc1nn(CC(=O)Nc2ccc(C)c(C)c2)c(N)c1S(=O)(=O)c1ccc(C)cc1. The molecule has 2 aromatic carbocycles. The van der Waals surface area contributed by atoms with Crippen LogP contribution in [0.2, 0.25) is 0 Å². The first kappa shape index (κ1) is 21.9. The zero-order chi connectivity index (χ0) is 22.1. The van der Waals surface area contributed by atoms with Crippen LogP contribution in [0.25, 0.3) is 0 Å². The van der Waals surface area contributed by atoms with Gasteiger partial charge in [0.1, 0.15) is 22.3 Å². The van der Waals surface area contributed by atoms with Crippen LogP contribution in [-0.2, 0) is 21.2 Å². The van der Waals surface area contributed by atoms with Gasteiger partial charge in [-0.15, -0.1) is 11.8 Å². The van der Waals surface area contributed by atoms with Gasteiger partial charge in [-0.1, -0.05) is 23.8 Å². The number of carbonyl (C=O) groups is 1. The van der Waals surface area contributed by atoms with E-state index in [9.17, 15) is 13.2 Å². The third-order valence-electron chi connectivity index (χ3n) is 4.79. The Labute approximate surface area is 180 Å². The summed E-state index contributed by atoms with van der Waals surface area (Å²) in [7, 11) is -3.87. The summed E-state index contributed by atoms with van der Waals surface area (Å²) >= 11 is 1.17. The number of benzene rings is 2. The summed E-state index contributed by atoms with van der Waals surface area (Å²) in [5, 5.41) is 7.32. The van der Waals surface area contributed by atoms with Crippen molar-refractivity contribution in [3.63, 3.8) is 0 Å². The minimum Gasteiger partial charge on any atom is -0.383 e. The van der Waals surface area contributed by atoms with Gasteiger partial charge in [0.2, 0.25) is 15.7 Å². The van der Waals surface area contributed by atoms with Crippen LogP contribution in [0.1, 0.15) is 16.7 Å². The van der Waals surface area contributed by atoms with E-state index in [1.54, 1.807) is 18.4 Å². The van der Waals surface area contributed by atoms with E-state index in [1.165, 1.54) is 28.6 Å². The zero-order valence-corrected chi connectivity index (χ0v) is 18.9. The molecular weight excluding hydrogens is 420 g/mol. The monoisotopic (exact) mass is 444 g/mol. The van der Waals surface area contributed by atoms with Crippen molar-refractivity contribution in [2.75, 3.05) is 17.3 Å². The molecule has 1 heterocycles. The molecule has 0 atom stereocenters. The second-order valence-electron chi connectivity index (χ2n) is 7.04. The molecule has 0 aliphatic carbocycles. The highest BCUT2D eigenvalue weighted by molar-refractivity contribution is 7.99. The molecule has 3 N–H and O–H groups in total. The number of carbonyl (C=O) groups excluding carboxylic acids is 1. The highest BCUT2D eigenvalue weighted by atomic mass is 32.2. The summed E-state index contributed by atoms with van der Waals surface area (Å²) in [4.78, 5) is 12.6. The second kappa shape index (κ2) is 8.53. The van der Waals surface area contributed by atoms with Crippen LogP contribution < -0.4 is 11.1 Å². The zero-order valence-electron chi connectivity index (χ0n) is 17.3. The van der Waals surface area contributed by atoms with Gasteiger partial charge in [-0.2, -0.15) is 5.10 Å². The highest BCUT2D eigenvalue weighted by Crippen LogP contribution is 2.34. The molecule has 30 heavy (non-hydrogen) atoms. The largest absolute Gasteiger partial charge is 0.383 e. The number of amides is 1. The Morgan fingerprint density at radius 3 is 2.37 bits per heavy atom. The third kappa shape index (κ3) is 4.36. The van der Waals surface area contributed by atoms with Crippen LogP contribution in [0, 0.1) is 20.8 Å². The molecular formula is C21H24N4O3S2. The van der Waals surface area contributed by atoms with E-state index in [4.69, 9.17) is 5.73 Å². The third-order valence-corrected chi connectivity index (χ3v) is 7.43. The van der Waals surface area contributed by atoms with Gasteiger partial charge in [-0.25, -0.2) is 13.1 Å². The molecule has 3 aromatic rings. The minimum absolute atomic E-state index is 0.0600. The quantitative estimate of drug-likeness (QED) is 0.563. The maximum Gasteiger partial charge on any atom is 0.246 e. The number of nitrogens with two attached hydrogens (primary N) is 1. The predicted molar refractivity (Wildman–Crippen MR) is 120 cm³/mol. The van der Waals surface area contributed by atoms with E-state index in [0.29, 0.717) is 5.69 Å². The minimum atomic E-state index is -3.87. The topological polar surface area (TPSA) is 107 Å². The molecule has 0 spiro atoms. The van der Waals surface area contributed by atoms with Gasteiger partial charge in [0.25, 0.3) is 0 Å². The average Bonchev–Trinajstić information content (AvgIpc) is 3.01. The maximum atomic E-state index is 13.2. The average molecular weight is 445 g/mol. The second-order valence-corrected chi connectivity index (χ2v) is 9.73. The summed E-state index contributed by atoms with van der Waals surface area (Å²) < 4.78 is 27.5. The van der Waals surface area contributed by atoms with Crippen LogP contribution >= 0.6 is 11.8 Å². The van der Waals surface area contributed by atoms with Gasteiger partial charge < -0.3 is 11.1 Å². The first-order valence-corrected chi connectivity index (χ1v) is 11.9. The molecule has 0 fully saturated rings. The number of sulfone groups is 1. The van der Waals surface area contributed by atoms with Crippen molar-refractivity contribution in [3.05, 3.63) is 59.2 Å². The molecule has 0 radical (unpaired) electrons. The molecule has 0 bridgehead atoms. The van der Waals surface area contributed by atoms with E-state index in [0.717, 1.165) is 16.7 Å². The number of anilines is 2. The van der Waals surface area contributed by atoms with Gasteiger partial charge in [0, 0.05) is 5.69 Å². The molecule has 0 saturated carbocycles. The summed E-state index contributed by atoms with van der Waals surface area (Å²) in [6, 6.07) is 12.1. The lowest BCUT2D eigenvalue weighted by atomic mass is 10.1. The number of hydrogen-bond acceptors (Lipinski definition) is 6. The number of rotatable bonds is 6. The number of thioether (sulfide) groups is 1. The van der Waals surface area contributed by atoms with Crippen LogP contribution in [0.3, 0.4) is 0 Å². The fourth-order valence-corrected chi connectivity index (χ4v) is 5.36. The standard InChI is InChI=1S/C21H24N4O3S2/c1-13-5-9-17(10-6-13)30(27,28)19-20(22)25(24-21(19)29-4)12-18(26)23-16-8-7-14(2)15(3)11-16/h5-11H,12,22H2,1-4H3,(H,23,26). The predicted octanol–water partition coefficient (Wildman–Crippen LogP) is 3.58. The smallest absolute Gasteiger partial charge is 0.246 e. The molecule has 158 valence electrons. The Kier molecular flexibility index (Phi) is 6.23. The number of nitrogens with one attached hydrogen (secondary N) is 1. The molecule has 0 aliphatic rings. The van der Waals surface area contributed by atoms with Gasteiger partial charge in [-0.05, 0) is 62.4 Å². The lowest BCUT2D eigenvalue weighted by Gasteiger charge is -2.09. The molecule has 7 nitrogen and oxygen atoms in total. The first-order chi connectivity index (χ1) is 14.1. The molecule has 0 unspecified atom stereocenters. The van der Waals surface area contributed by atoms with E-state index < -0.39 is 9.84 Å². The van der Waals surface area contributed by atoms with Gasteiger partial charge >= 0.3 is 0 Å². The van der Waals surface area contributed by atoms with E-state index in [2.05, 4.69) is 10.4 Å². The van der Waals surface area contributed by atoms with Crippen molar-refractivity contribution in [3.8, 4) is 0 Å². The normalized spacial score (nSPS) is 11.5. The van der Waals surface area contributed by atoms with Crippen LogP contribution in [0.15, 0.2) is 57.3 Å². The first-order valence-electron chi connectivity index (χ1n) is 9.22. The Morgan fingerprint density at radius 1 is 1.10 bits per heavy atom. The van der Waals surface area contributed by atoms with Crippen molar-refractivity contribution in [2.45, 2.75) is 42.1 Å². The fraction of sp³-hybridized carbons (Fsp3) is 0.238. The molecule has 1 amide bonds. The van der Waals surface area contributed by atoms with Crippen LogP contribution in [0.5, 0.6) is 0 Å². The highest BCUT2D eigenvalue weighted by Gasteiger charge is 2.29. The van der Waals surface area contributed by atoms with Gasteiger partial charge in [0.05, 0.1) is 4.90 Å². The Balaban J connectivity index is 1.90. The lowest BCUT2D eigenvalue weighted by molar-refractivity contribution is -0.116. The molecule has 9 heteroatoms. The summed E-state index contributed by atoms with van der Waals surface area (Å²) in [5.74, 6) is -0.408. The Hall–Kier alpha value is -2.78. The summed E-state index contributed by atoms with van der Waals surface area (Å²) in [6.07, 6.45) is 1.72. The van der Waals surface area contributed by atoms with Crippen LogP contribution in [-0.4, -0.2) is 30.4 Å².